The zero-order valence-corrected chi connectivity index (χ0v) is 12.6. The van der Waals surface area contributed by atoms with Crippen LogP contribution in [0.3, 0.4) is 0 Å². The highest BCUT2D eigenvalue weighted by atomic mass is 15.4. The number of nitrogens with two attached hydrogens (primary N) is 1. The van der Waals surface area contributed by atoms with Gasteiger partial charge in [0.25, 0.3) is 0 Å². The first-order valence-electron chi connectivity index (χ1n) is 7.32. The predicted molar refractivity (Wildman–Crippen MR) is 81.6 cm³/mol. The van der Waals surface area contributed by atoms with Crippen LogP contribution in [0.15, 0.2) is 0 Å². The van der Waals surface area contributed by atoms with Crippen molar-refractivity contribution in [3.8, 4) is 0 Å². The van der Waals surface area contributed by atoms with E-state index in [1.165, 1.54) is 12.8 Å². The molecule has 2 rings (SSSR count). The third-order valence-corrected chi connectivity index (χ3v) is 3.34. The fraction of sp³-hybridized carbons (Fsp3) is 0.769. The van der Waals surface area contributed by atoms with Gasteiger partial charge in [-0.2, -0.15) is 15.0 Å². The van der Waals surface area contributed by atoms with E-state index in [-0.39, 0.29) is 0 Å². The summed E-state index contributed by atoms with van der Waals surface area (Å²) in [5.74, 6) is 7.77. The summed E-state index contributed by atoms with van der Waals surface area (Å²) < 4.78 is 0. The predicted octanol–water partition coefficient (Wildman–Crippen LogP) is 1.60. The lowest BCUT2D eigenvalue weighted by Gasteiger charge is -2.19. The second-order valence-corrected chi connectivity index (χ2v) is 5.80. The van der Waals surface area contributed by atoms with E-state index in [1.54, 1.807) is 0 Å². The number of aromatic nitrogens is 3. The number of nitrogen functional groups attached to an aromatic ring is 1. The van der Waals surface area contributed by atoms with Gasteiger partial charge in [-0.3, -0.25) is 5.43 Å². The minimum Gasteiger partial charge on any atom is -0.352 e. The molecule has 4 N–H and O–H groups in total. The lowest BCUT2D eigenvalue weighted by Crippen LogP contribution is -2.25. The van der Waals surface area contributed by atoms with Crippen LogP contribution in [0.25, 0.3) is 0 Å². The third kappa shape index (κ3) is 3.93. The van der Waals surface area contributed by atoms with E-state index < -0.39 is 0 Å². The zero-order chi connectivity index (χ0) is 14.5. The summed E-state index contributed by atoms with van der Waals surface area (Å²) in [6, 6.07) is 0.314. The van der Waals surface area contributed by atoms with Gasteiger partial charge in [0.05, 0.1) is 0 Å². The van der Waals surface area contributed by atoms with Gasteiger partial charge in [-0.1, -0.05) is 13.8 Å². The molecule has 0 saturated carbocycles. The molecule has 0 bridgehead atoms. The van der Waals surface area contributed by atoms with Crippen molar-refractivity contribution in [2.45, 2.75) is 46.1 Å². The molecule has 1 atom stereocenters. The summed E-state index contributed by atoms with van der Waals surface area (Å²) >= 11 is 0. The van der Waals surface area contributed by atoms with Crippen LogP contribution in [0.4, 0.5) is 17.8 Å². The molecule has 7 heteroatoms. The SMILES string of the molecule is CC(C)CC(C)Nc1nc(NN)nc(N2CCCC2)n1. The van der Waals surface area contributed by atoms with E-state index in [2.05, 4.69) is 51.4 Å². The summed E-state index contributed by atoms with van der Waals surface area (Å²) in [6.07, 6.45) is 3.43. The molecule has 2 heterocycles. The van der Waals surface area contributed by atoms with Crippen LogP contribution in [0.1, 0.15) is 40.0 Å². The van der Waals surface area contributed by atoms with E-state index in [9.17, 15) is 0 Å². The number of hydrogen-bond acceptors (Lipinski definition) is 7. The van der Waals surface area contributed by atoms with Crippen molar-refractivity contribution < 1.29 is 0 Å². The van der Waals surface area contributed by atoms with Crippen molar-refractivity contribution in [3.63, 3.8) is 0 Å². The van der Waals surface area contributed by atoms with Gasteiger partial charge in [0, 0.05) is 19.1 Å². The van der Waals surface area contributed by atoms with Crippen LogP contribution < -0.4 is 21.5 Å². The number of hydrogen-bond donors (Lipinski definition) is 3. The van der Waals surface area contributed by atoms with Crippen LogP contribution in [0.2, 0.25) is 0 Å². The molecule has 1 aliphatic rings. The Morgan fingerprint density at radius 2 is 1.75 bits per heavy atom. The number of rotatable bonds is 6. The number of anilines is 3. The van der Waals surface area contributed by atoms with Gasteiger partial charge in [0.1, 0.15) is 0 Å². The van der Waals surface area contributed by atoms with Gasteiger partial charge in [0.2, 0.25) is 17.8 Å². The third-order valence-electron chi connectivity index (χ3n) is 3.34. The molecule has 1 fully saturated rings. The van der Waals surface area contributed by atoms with Crippen LogP contribution in [0.5, 0.6) is 0 Å². The molecule has 0 radical (unpaired) electrons. The van der Waals surface area contributed by atoms with Crippen molar-refractivity contribution in [2.24, 2.45) is 11.8 Å². The number of nitrogens with zero attached hydrogens (tertiary/aromatic N) is 4. The van der Waals surface area contributed by atoms with Gasteiger partial charge in [-0.25, -0.2) is 5.84 Å². The first-order chi connectivity index (χ1) is 9.58. The second-order valence-electron chi connectivity index (χ2n) is 5.80. The molecule has 0 spiro atoms. The van der Waals surface area contributed by atoms with Gasteiger partial charge in [0.15, 0.2) is 0 Å². The van der Waals surface area contributed by atoms with E-state index in [1.807, 2.05) is 0 Å². The zero-order valence-electron chi connectivity index (χ0n) is 12.6. The Morgan fingerprint density at radius 3 is 2.35 bits per heavy atom. The molecule has 20 heavy (non-hydrogen) atoms. The minimum absolute atomic E-state index is 0.314. The molecular weight excluding hydrogens is 254 g/mol. The Labute approximate surface area is 120 Å². The first-order valence-corrected chi connectivity index (χ1v) is 7.32. The average molecular weight is 279 g/mol. The molecule has 0 aromatic carbocycles. The molecule has 1 aliphatic heterocycles. The maximum atomic E-state index is 5.45. The van der Waals surface area contributed by atoms with E-state index in [0.29, 0.717) is 29.8 Å². The molecule has 7 nitrogen and oxygen atoms in total. The standard InChI is InChI=1S/C13H25N7/c1-9(2)8-10(3)15-11-16-12(19-14)18-13(17-11)20-6-4-5-7-20/h9-10H,4-8,14H2,1-3H3,(H2,15,16,17,18,19). The summed E-state index contributed by atoms with van der Waals surface area (Å²) in [4.78, 5) is 15.3. The normalized spacial score (nSPS) is 16.6. The topological polar surface area (TPSA) is 92.0 Å². The van der Waals surface area contributed by atoms with Crippen molar-refractivity contribution >= 4 is 17.8 Å². The Hall–Kier alpha value is -1.63. The van der Waals surface area contributed by atoms with Crippen LogP contribution in [0, 0.1) is 5.92 Å². The maximum Gasteiger partial charge on any atom is 0.243 e. The Morgan fingerprint density at radius 1 is 1.10 bits per heavy atom. The molecule has 0 aliphatic carbocycles. The molecule has 112 valence electrons. The fourth-order valence-electron chi connectivity index (χ4n) is 2.54. The van der Waals surface area contributed by atoms with Crippen molar-refractivity contribution in [1.29, 1.82) is 0 Å². The average Bonchev–Trinajstić information content (AvgIpc) is 2.91. The largest absolute Gasteiger partial charge is 0.352 e. The first kappa shape index (κ1) is 14.8. The Balaban J connectivity index is 2.12. The highest BCUT2D eigenvalue weighted by molar-refractivity contribution is 5.44. The summed E-state index contributed by atoms with van der Waals surface area (Å²) in [6.45, 7) is 8.53. The molecule has 1 aromatic rings. The second kappa shape index (κ2) is 6.69. The van der Waals surface area contributed by atoms with E-state index >= 15 is 0 Å². The Bertz CT molecular complexity index is 429. The molecule has 0 amide bonds. The van der Waals surface area contributed by atoms with Gasteiger partial charge < -0.3 is 10.2 Å². The van der Waals surface area contributed by atoms with Crippen LogP contribution in [-0.4, -0.2) is 34.1 Å². The Kier molecular flexibility index (Phi) is 4.94. The van der Waals surface area contributed by atoms with Gasteiger partial charge >= 0.3 is 0 Å². The van der Waals surface area contributed by atoms with Crippen molar-refractivity contribution in [1.82, 2.24) is 15.0 Å². The molecule has 1 unspecified atom stereocenters. The van der Waals surface area contributed by atoms with Crippen molar-refractivity contribution in [2.75, 3.05) is 28.7 Å². The smallest absolute Gasteiger partial charge is 0.243 e. The van der Waals surface area contributed by atoms with Gasteiger partial charge in [-0.15, -0.1) is 0 Å². The number of nitrogens with one attached hydrogen (secondary N) is 2. The van der Waals surface area contributed by atoms with Crippen LogP contribution >= 0.6 is 0 Å². The quantitative estimate of drug-likeness (QED) is 0.538. The van der Waals surface area contributed by atoms with Gasteiger partial charge in [-0.05, 0) is 32.1 Å². The monoisotopic (exact) mass is 279 g/mol. The summed E-state index contributed by atoms with van der Waals surface area (Å²) in [5, 5.41) is 3.33. The molecule has 1 aromatic heterocycles. The summed E-state index contributed by atoms with van der Waals surface area (Å²) in [5.41, 5.74) is 2.52. The van der Waals surface area contributed by atoms with E-state index in [0.717, 1.165) is 19.5 Å². The molecular formula is C13H25N7. The maximum absolute atomic E-state index is 5.45. The lowest BCUT2D eigenvalue weighted by molar-refractivity contribution is 0.537. The van der Waals surface area contributed by atoms with Crippen LogP contribution in [-0.2, 0) is 0 Å². The van der Waals surface area contributed by atoms with Crippen molar-refractivity contribution in [3.05, 3.63) is 0 Å². The lowest BCUT2D eigenvalue weighted by atomic mass is 10.1. The fourth-order valence-corrected chi connectivity index (χ4v) is 2.54. The number of hydrazine groups is 1. The highest BCUT2D eigenvalue weighted by Gasteiger charge is 2.18. The molecule has 1 saturated heterocycles. The van der Waals surface area contributed by atoms with E-state index in [4.69, 9.17) is 5.84 Å². The highest BCUT2D eigenvalue weighted by Crippen LogP contribution is 2.19. The summed E-state index contributed by atoms with van der Waals surface area (Å²) in [7, 11) is 0. The minimum atomic E-state index is 0.314.